The summed E-state index contributed by atoms with van der Waals surface area (Å²) in [6.45, 7) is 2.15. The first-order valence-electron chi connectivity index (χ1n) is 7.20. The van der Waals surface area contributed by atoms with E-state index in [1.54, 1.807) is 4.90 Å². The van der Waals surface area contributed by atoms with Crippen LogP contribution in [-0.4, -0.2) is 50.6 Å². The molecule has 1 aromatic heterocycles. The zero-order chi connectivity index (χ0) is 15.4. The molecule has 0 spiro atoms. The number of likely N-dealkylation sites (N-methyl/N-ethyl adjacent to an activating group) is 1. The summed E-state index contributed by atoms with van der Waals surface area (Å²) in [5, 5.41) is 0.224. The van der Waals surface area contributed by atoms with E-state index in [1.165, 1.54) is 10.9 Å². The van der Waals surface area contributed by atoms with Gasteiger partial charge in [-0.1, -0.05) is 18.3 Å². The summed E-state index contributed by atoms with van der Waals surface area (Å²) in [5.41, 5.74) is 3.52. The molecule has 0 bridgehead atoms. The molecule has 1 aromatic carbocycles. The first kappa shape index (κ1) is 15.2. The van der Waals surface area contributed by atoms with Crippen molar-refractivity contribution in [2.24, 2.45) is 0 Å². The summed E-state index contributed by atoms with van der Waals surface area (Å²) in [6, 6.07) is 6.44. The minimum absolute atomic E-state index is 0.0401. The van der Waals surface area contributed by atoms with E-state index in [-0.39, 0.29) is 5.92 Å². The smallest absolute Gasteiger partial charge is 0.111 e. The van der Waals surface area contributed by atoms with Crippen LogP contribution in [0.1, 0.15) is 30.4 Å². The van der Waals surface area contributed by atoms with Crippen LogP contribution in [0.3, 0.4) is 0 Å². The van der Waals surface area contributed by atoms with Gasteiger partial charge in [0.25, 0.3) is 0 Å². The van der Waals surface area contributed by atoms with Gasteiger partial charge < -0.3 is 9.88 Å². The molecule has 2 aromatic rings. The van der Waals surface area contributed by atoms with Gasteiger partial charge in [0.2, 0.25) is 0 Å². The first-order chi connectivity index (χ1) is 9.77. The zero-order valence-electron chi connectivity index (χ0n) is 12.4. The van der Waals surface area contributed by atoms with E-state index in [1.807, 2.05) is 13.2 Å². The van der Waals surface area contributed by atoms with E-state index in [0.29, 0.717) is 6.42 Å². The molecule has 6 radical (unpaired) electrons. The average Bonchev–Trinajstić information content (AvgIpc) is 2.91. The van der Waals surface area contributed by atoms with E-state index < -0.39 is 10.1 Å². The first-order valence-corrected chi connectivity index (χ1v) is 7.65. The highest BCUT2D eigenvalue weighted by atomic mass is 32.1. The molecule has 2 nitrogen and oxygen atoms in total. The number of hydrogen-bond acceptors (Lipinski definition) is 2. The van der Waals surface area contributed by atoms with Crippen molar-refractivity contribution in [1.82, 2.24) is 9.88 Å². The summed E-state index contributed by atoms with van der Waals surface area (Å²) in [7, 11) is 20.5. The van der Waals surface area contributed by atoms with Gasteiger partial charge in [0.05, 0.1) is 15.7 Å². The van der Waals surface area contributed by atoms with Crippen LogP contribution in [0, 0.1) is 0 Å². The van der Waals surface area contributed by atoms with Crippen molar-refractivity contribution >= 4 is 47.1 Å². The maximum atomic E-state index is 6.41. The number of nitrogens with one attached hydrogen (secondary N) is 1. The normalized spacial score (nSPS) is 29.2. The lowest BCUT2D eigenvalue weighted by atomic mass is 9.59. The minimum atomic E-state index is -0.951. The van der Waals surface area contributed by atoms with Crippen molar-refractivity contribution in [2.75, 3.05) is 7.05 Å². The van der Waals surface area contributed by atoms with Crippen molar-refractivity contribution in [3.63, 3.8) is 0 Å². The third-order valence-electron chi connectivity index (χ3n) is 4.77. The van der Waals surface area contributed by atoms with Crippen molar-refractivity contribution in [3.05, 3.63) is 35.5 Å². The standard InChI is InChI=1S/C15H17B3N2S/c1-3-9-4-5-13-10(6-9)11(8-19-13)12-7-14(16,17)20(2)15(12,18)21/h4-6,8,12,19,21H,3,7H2,1-2H3. The van der Waals surface area contributed by atoms with Crippen LogP contribution < -0.4 is 0 Å². The van der Waals surface area contributed by atoms with Gasteiger partial charge in [0.1, 0.15) is 7.85 Å². The molecule has 6 heteroatoms. The SMILES string of the molecule is [B]C1([B])CC(c2c[nH]c3ccc(CC)cc23)C([B])(S)N1C. The van der Waals surface area contributed by atoms with Crippen LogP contribution in [0.2, 0.25) is 0 Å². The van der Waals surface area contributed by atoms with Crippen molar-refractivity contribution in [2.45, 2.75) is 35.8 Å². The fourth-order valence-electron chi connectivity index (χ4n) is 3.22. The second-order valence-electron chi connectivity index (χ2n) is 6.07. The Hall–Kier alpha value is -0.735. The van der Waals surface area contributed by atoms with Crippen LogP contribution in [0.5, 0.6) is 0 Å². The summed E-state index contributed by atoms with van der Waals surface area (Å²) >= 11 is 4.64. The number of hydrogen-bond donors (Lipinski definition) is 2. The summed E-state index contributed by atoms with van der Waals surface area (Å²) in [4.78, 5) is 5.05. The molecular weight excluding hydrogens is 273 g/mol. The fraction of sp³-hybridized carbons (Fsp3) is 0.467. The monoisotopic (exact) mass is 290 g/mol. The molecule has 1 fully saturated rings. The number of likely N-dealkylation sites (tertiary alicyclic amines) is 1. The highest BCUT2D eigenvalue weighted by Gasteiger charge is 2.49. The van der Waals surface area contributed by atoms with Crippen LogP contribution in [0.25, 0.3) is 10.9 Å². The average molecular weight is 290 g/mol. The molecule has 0 saturated carbocycles. The highest BCUT2D eigenvalue weighted by Crippen LogP contribution is 2.49. The number of aromatic nitrogens is 1. The second-order valence-corrected chi connectivity index (χ2v) is 6.78. The van der Waals surface area contributed by atoms with Gasteiger partial charge >= 0.3 is 0 Å². The Kier molecular flexibility index (Phi) is 3.53. The number of rotatable bonds is 2. The summed E-state index contributed by atoms with van der Waals surface area (Å²) < 4.78 is -0.874. The van der Waals surface area contributed by atoms with E-state index in [4.69, 9.17) is 23.5 Å². The quantitative estimate of drug-likeness (QED) is 0.639. The lowest BCUT2D eigenvalue weighted by Gasteiger charge is -2.39. The van der Waals surface area contributed by atoms with Crippen LogP contribution in [0.15, 0.2) is 24.4 Å². The Morgan fingerprint density at radius 1 is 1.38 bits per heavy atom. The molecule has 0 amide bonds. The third-order valence-corrected chi connectivity index (χ3v) is 5.38. The van der Waals surface area contributed by atoms with Gasteiger partial charge in [-0.15, -0.1) is 0 Å². The Morgan fingerprint density at radius 2 is 2.10 bits per heavy atom. The fourth-order valence-corrected chi connectivity index (χ4v) is 3.63. The number of thiol groups is 1. The Labute approximate surface area is 135 Å². The number of aromatic amines is 1. The topological polar surface area (TPSA) is 19.0 Å². The van der Waals surface area contributed by atoms with Crippen LogP contribution >= 0.6 is 12.6 Å². The largest absolute Gasteiger partial charge is 0.361 e. The van der Waals surface area contributed by atoms with Gasteiger partial charge in [-0.3, -0.25) is 0 Å². The predicted molar refractivity (Wildman–Crippen MR) is 94.5 cm³/mol. The Morgan fingerprint density at radius 3 is 2.67 bits per heavy atom. The van der Waals surface area contributed by atoms with Gasteiger partial charge in [0, 0.05) is 27.8 Å². The third kappa shape index (κ3) is 2.27. The summed E-state index contributed by atoms with van der Waals surface area (Å²) in [6.07, 6.45) is 3.56. The number of nitrogens with zero attached hydrogens (tertiary/aromatic N) is 1. The van der Waals surface area contributed by atoms with Crippen molar-refractivity contribution < 1.29 is 0 Å². The molecule has 102 valence electrons. The van der Waals surface area contributed by atoms with E-state index in [2.05, 4.69) is 42.7 Å². The van der Waals surface area contributed by atoms with Crippen LogP contribution in [-0.2, 0) is 6.42 Å². The summed E-state index contributed by atoms with van der Waals surface area (Å²) in [5.74, 6) is -0.0401. The molecule has 2 unspecified atom stereocenters. The molecule has 1 aliphatic rings. The highest BCUT2D eigenvalue weighted by molar-refractivity contribution is 7.83. The molecule has 21 heavy (non-hydrogen) atoms. The molecular formula is C15H17B3N2S. The van der Waals surface area contributed by atoms with Gasteiger partial charge in [0.15, 0.2) is 0 Å². The molecule has 3 rings (SSSR count). The zero-order valence-corrected chi connectivity index (χ0v) is 13.3. The van der Waals surface area contributed by atoms with Crippen molar-refractivity contribution in [3.8, 4) is 0 Å². The predicted octanol–water partition coefficient (Wildman–Crippen LogP) is 1.89. The lowest BCUT2D eigenvalue weighted by molar-refractivity contribution is 0.298. The number of fused-ring (bicyclic) bond motifs is 1. The molecule has 1 saturated heterocycles. The molecule has 0 aliphatic carbocycles. The van der Waals surface area contributed by atoms with E-state index in [9.17, 15) is 0 Å². The van der Waals surface area contributed by atoms with Gasteiger partial charge in [-0.25, -0.2) is 0 Å². The van der Waals surface area contributed by atoms with Crippen LogP contribution in [0.4, 0.5) is 0 Å². The lowest BCUT2D eigenvalue weighted by Crippen LogP contribution is -2.51. The van der Waals surface area contributed by atoms with Gasteiger partial charge in [-0.05, 0) is 43.1 Å². The minimum Gasteiger partial charge on any atom is -0.361 e. The van der Waals surface area contributed by atoms with E-state index in [0.717, 1.165) is 17.5 Å². The molecule has 2 atom stereocenters. The van der Waals surface area contributed by atoms with Crippen molar-refractivity contribution in [1.29, 1.82) is 0 Å². The maximum Gasteiger partial charge on any atom is 0.111 e. The number of H-pyrrole nitrogens is 1. The van der Waals surface area contributed by atoms with E-state index >= 15 is 0 Å². The number of aryl methyl sites for hydroxylation is 1. The molecule has 1 N–H and O–H groups in total. The number of benzene rings is 1. The Balaban J connectivity index is 2.12. The van der Waals surface area contributed by atoms with Gasteiger partial charge in [-0.2, -0.15) is 12.6 Å². The Bertz CT molecular complexity index is 681. The maximum absolute atomic E-state index is 6.41. The second kappa shape index (κ2) is 4.89. The molecule has 2 heterocycles. The molecule has 1 aliphatic heterocycles.